The molecule has 1 aliphatic heterocycles. The zero-order chi connectivity index (χ0) is 31.2. The lowest BCUT2D eigenvalue weighted by Gasteiger charge is -2.39. The molecule has 2 aliphatic rings. The van der Waals surface area contributed by atoms with Crippen LogP contribution in [-0.4, -0.2) is 63.6 Å². The molecule has 2 atom stereocenters. The third-order valence-electron chi connectivity index (χ3n) is 6.97. The number of nitrogens with zero attached hydrogens (tertiary/aromatic N) is 4. The van der Waals surface area contributed by atoms with E-state index < -0.39 is 0 Å². The summed E-state index contributed by atoms with van der Waals surface area (Å²) in [5, 5.41) is 3.69. The molecule has 42 heavy (non-hydrogen) atoms. The van der Waals surface area contributed by atoms with Gasteiger partial charge in [-0.25, -0.2) is 9.78 Å². The highest BCUT2D eigenvalue weighted by molar-refractivity contribution is 6.30. The highest BCUT2D eigenvalue weighted by atomic mass is 35.5. The average molecular weight is 599 g/mol. The number of imidazole rings is 1. The first-order chi connectivity index (χ1) is 20.1. The van der Waals surface area contributed by atoms with Crippen molar-refractivity contribution in [3.05, 3.63) is 84.6 Å². The number of carbonyl (C=O) groups is 2. The molecule has 1 aliphatic carbocycles. The fraction of sp³-hybridized carbons (Fsp3) is 0.469. The molecule has 9 nitrogen and oxygen atoms in total. The average Bonchev–Trinajstić information content (AvgIpc) is 3.72. The standard InChI is InChI=1S/C20H27ClN2O2.C10H15N3O.C2H5N/c1-5-7-19(18-9-8-17(21)14-16(18)6-2)22-10-12-23(13-11-22)20(24)25-15(3)4;1-7(9-5-11-6-13(9)2)12-10(14)8-3-4-8;1-2-3/h5-6,8-9,14-15,19H,1-2,7,10-13H2,3-4H3;5-8H,3-4H2,1-2H3,(H,12,14);2H,1,3H2. The zero-order valence-corrected chi connectivity index (χ0v) is 26.2. The van der Waals surface area contributed by atoms with E-state index in [-0.39, 0.29) is 36.1 Å². The van der Waals surface area contributed by atoms with E-state index in [1.54, 1.807) is 17.4 Å². The lowest BCUT2D eigenvalue weighted by Crippen LogP contribution is -2.50. The summed E-state index contributed by atoms with van der Waals surface area (Å²) in [4.78, 5) is 31.7. The van der Waals surface area contributed by atoms with Gasteiger partial charge in [0.1, 0.15) is 0 Å². The third-order valence-corrected chi connectivity index (χ3v) is 7.21. The van der Waals surface area contributed by atoms with Gasteiger partial charge in [0, 0.05) is 50.2 Å². The van der Waals surface area contributed by atoms with E-state index in [1.165, 1.54) is 11.8 Å². The summed E-state index contributed by atoms with van der Waals surface area (Å²) in [6.07, 6.45) is 11.2. The van der Waals surface area contributed by atoms with Crippen molar-refractivity contribution in [2.24, 2.45) is 18.7 Å². The van der Waals surface area contributed by atoms with Crippen LogP contribution < -0.4 is 11.1 Å². The molecule has 1 saturated carbocycles. The van der Waals surface area contributed by atoms with Gasteiger partial charge in [-0.1, -0.05) is 43.0 Å². The van der Waals surface area contributed by atoms with Crippen LogP contribution in [0.3, 0.4) is 0 Å². The van der Waals surface area contributed by atoms with Crippen LogP contribution in [-0.2, 0) is 16.6 Å². The molecule has 10 heteroatoms. The first kappa shape index (κ1) is 34.6. The minimum absolute atomic E-state index is 0.0515. The molecule has 0 spiro atoms. The van der Waals surface area contributed by atoms with Crippen molar-refractivity contribution in [3.8, 4) is 0 Å². The summed E-state index contributed by atoms with van der Waals surface area (Å²) < 4.78 is 7.22. The molecule has 1 aromatic heterocycles. The topological polar surface area (TPSA) is 106 Å². The van der Waals surface area contributed by atoms with Gasteiger partial charge >= 0.3 is 6.09 Å². The Balaban J connectivity index is 0.000000303. The fourth-order valence-electron chi connectivity index (χ4n) is 4.68. The molecule has 2 heterocycles. The number of rotatable bonds is 9. The zero-order valence-electron chi connectivity index (χ0n) is 25.5. The summed E-state index contributed by atoms with van der Waals surface area (Å²) in [5.41, 5.74) is 7.89. The first-order valence-corrected chi connectivity index (χ1v) is 14.8. The molecule has 1 saturated heterocycles. The maximum atomic E-state index is 12.1. The Hall–Kier alpha value is -3.56. The van der Waals surface area contributed by atoms with Crippen LogP contribution in [0.25, 0.3) is 6.08 Å². The van der Waals surface area contributed by atoms with E-state index in [0.29, 0.717) is 18.1 Å². The van der Waals surface area contributed by atoms with Crippen molar-refractivity contribution in [1.29, 1.82) is 0 Å². The normalized spacial score (nSPS) is 16.1. The first-order valence-electron chi connectivity index (χ1n) is 14.4. The summed E-state index contributed by atoms with van der Waals surface area (Å²) in [6.45, 7) is 19.6. The number of aromatic nitrogens is 2. The van der Waals surface area contributed by atoms with Gasteiger partial charge in [-0.15, -0.1) is 6.58 Å². The van der Waals surface area contributed by atoms with Gasteiger partial charge in [0.15, 0.2) is 0 Å². The van der Waals surface area contributed by atoms with Crippen LogP contribution in [0.4, 0.5) is 4.79 Å². The van der Waals surface area contributed by atoms with Crippen molar-refractivity contribution in [3.63, 3.8) is 0 Å². The maximum absolute atomic E-state index is 12.1. The van der Waals surface area contributed by atoms with Crippen LogP contribution in [0, 0.1) is 5.92 Å². The van der Waals surface area contributed by atoms with Gasteiger partial charge < -0.3 is 25.3 Å². The molecule has 1 aromatic carbocycles. The van der Waals surface area contributed by atoms with Gasteiger partial charge in [0.25, 0.3) is 0 Å². The number of carbonyl (C=O) groups excluding carboxylic acids is 2. The number of amides is 2. The molecule has 0 bridgehead atoms. The number of halogens is 1. The predicted octanol–water partition coefficient (Wildman–Crippen LogP) is 5.86. The lowest BCUT2D eigenvalue weighted by molar-refractivity contribution is -0.122. The number of nitrogens with two attached hydrogens (primary N) is 1. The number of nitrogens with one attached hydrogen (secondary N) is 1. The molecule has 2 amide bonds. The van der Waals surface area contributed by atoms with E-state index >= 15 is 0 Å². The molecule has 4 rings (SSSR count). The summed E-state index contributed by atoms with van der Waals surface area (Å²) in [5.74, 6) is 0.448. The number of ether oxygens (including phenoxy) is 1. The molecular weight excluding hydrogens is 552 g/mol. The number of hydrogen-bond acceptors (Lipinski definition) is 6. The molecule has 2 aromatic rings. The molecule has 3 N–H and O–H groups in total. The van der Waals surface area contributed by atoms with Crippen molar-refractivity contribution in [1.82, 2.24) is 24.7 Å². The Morgan fingerprint density at radius 1 is 1.17 bits per heavy atom. The smallest absolute Gasteiger partial charge is 0.410 e. The van der Waals surface area contributed by atoms with Crippen molar-refractivity contribution < 1.29 is 14.3 Å². The summed E-state index contributed by atoms with van der Waals surface area (Å²) in [6, 6.07) is 6.17. The highest BCUT2D eigenvalue weighted by Gasteiger charge is 2.31. The van der Waals surface area contributed by atoms with Gasteiger partial charge in [0.2, 0.25) is 5.91 Å². The molecule has 2 unspecified atom stereocenters. The van der Waals surface area contributed by atoms with E-state index in [4.69, 9.17) is 16.3 Å². The Bertz CT molecular complexity index is 1180. The minimum Gasteiger partial charge on any atom is -0.447 e. The Morgan fingerprint density at radius 2 is 1.81 bits per heavy atom. The van der Waals surface area contributed by atoms with E-state index in [9.17, 15) is 9.59 Å². The van der Waals surface area contributed by atoms with Crippen LogP contribution >= 0.6 is 11.6 Å². The molecule has 2 fully saturated rings. The van der Waals surface area contributed by atoms with Crippen molar-refractivity contribution in [2.75, 3.05) is 26.2 Å². The Labute approximate surface area is 256 Å². The van der Waals surface area contributed by atoms with Crippen LogP contribution in [0.1, 0.15) is 68.9 Å². The van der Waals surface area contributed by atoms with Crippen LogP contribution in [0.15, 0.2) is 62.7 Å². The monoisotopic (exact) mass is 598 g/mol. The SMILES string of the molecule is C=CCC(c1ccc(Cl)cc1C=C)N1CCN(C(=O)OC(C)C)CC1.C=CN.CC(NC(=O)C1CC1)c1cncn1C. The van der Waals surface area contributed by atoms with Crippen molar-refractivity contribution in [2.45, 2.75) is 58.2 Å². The number of aryl methyl sites for hydroxylation is 1. The molecular formula is C32H47ClN6O3. The second-order valence-electron chi connectivity index (χ2n) is 10.6. The Kier molecular flexibility index (Phi) is 14.4. The minimum atomic E-state index is -0.229. The Morgan fingerprint density at radius 3 is 2.31 bits per heavy atom. The second kappa shape index (κ2) is 17.4. The fourth-order valence-corrected chi connectivity index (χ4v) is 4.86. The lowest BCUT2D eigenvalue weighted by atomic mass is 9.96. The quantitative estimate of drug-likeness (QED) is 0.350. The largest absolute Gasteiger partial charge is 0.447 e. The highest BCUT2D eigenvalue weighted by Crippen LogP contribution is 2.31. The number of benzene rings is 1. The number of hydrogen-bond donors (Lipinski definition) is 2. The van der Waals surface area contributed by atoms with Crippen LogP contribution in [0.2, 0.25) is 5.02 Å². The summed E-state index contributed by atoms with van der Waals surface area (Å²) >= 11 is 6.12. The van der Waals surface area contributed by atoms with Crippen molar-refractivity contribution >= 4 is 29.7 Å². The predicted molar refractivity (Wildman–Crippen MR) is 171 cm³/mol. The van der Waals surface area contributed by atoms with Gasteiger partial charge in [0.05, 0.1) is 30.4 Å². The number of piperazine rings is 1. The van der Waals surface area contributed by atoms with Gasteiger partial charge in [-0.3, -0.25) is 9.69 Å². The third kappa shape index (κ3) is 10.7. The second-order valence-corrected chi connectivity index (χ2v) is 11.1. The van der Waals surface area contributed by atoms with Crippen LogP contribution in [0.5, 0.6) is 0 Å². The maximum Gasteiger partial charge on any atom is 0.410 e. The van der Waals surface area contributed by atoms with Gasteiger partial charge in [-0.2, -0.15) is 0 Å². The summed E-state index contributed by atoms with van der Waals surface area (Å²) in [7, 11) is 1.93. The molecule has 0 radical (unpaired) electrons. The van der Waals surface area contributed by atoms with E-state index in [1.807, 2.05) is 56.7 Å². The molecule has 230 valence electrons. The van der Waals surface area contributed by atoms with E-state index in [0.717, 1.165) is 43.6 Å². The van der Waals surface area contributed by atoms with E-state index in [2.05, 4.69) is 46.7 Å². The van der Waals surface area contributed by atoms with Gasteiger partial charge in [-0.05, 0) is 69.5 Å².